The van der Waals surface area contributed by atoms with E-state index >= 15 is 0 Å². The Morgan fingerprint density at radius 3 is 2.23 bits per heavy atom. The summed E-state index contributed by atoms with van der Waals surface area (Å²) < 4.78 is 0. The van der Waals surface area contributed by atoms with Crippen LogP contribution in [0.3, 0.4) is 0 Å². The number of benzene rings is 2. The summed E-state index contributed by atoms with van der Waals surface area (Å²) in [5, 5.41) is 2.97. The van der Waals surface area contributed by atoms with Crippen LogP contribution in [-0.2, 0) is 4.79 Å². The first-order chi connectivity index (χ1) is 14.3. The van der Waals surface area contributed by atoms with Gasteiger partial charge in [-0.15, -0.1) is 0 Å². The molecular formula is C25H33N3O2. The minimum Gasteiger partial charge on any atom is -0.368 e. The van der Waals surface area contributed by atoms with E-state index in [4.69, 9.17) is 0 Å². The molecule has 1 N–H and O–H groups in total. The van der Waals surface area contributed by atoms with Crippen molar-refractivity contribution in [3.63, 3.8) is 0 Å². The number of carbonyl (C=O) groups is 2. The van der Waals surface area contributed by atoms with Crippen molar-refractivity contribution in [3.05, 3.63) is 64.7 Å². The topological polar surface area (TPSA) is 52.7 Å². The van der Waals surface area contributed by atoms with E-state index in [0.29, 0.717) is 18.7 Å². The van der Waals surface area contributed by atoms with E-state index in [1.54, 1.807) is 6.07 Å². The fraction of sp³-hybridized carbons (Fsp3) is 0.440. The molecule has 2 aromatic rings. The summed E-state index contributed by atoms with van der Waals surface area (Å²) in [6.07, 6.45) is 0. The lowest BCUT2D eigenvalue weighted by Crippen LogP contribution is -2.56. The minimum absolute atomic E-state index is 0.00613. The van der Waals surface area contributed by atoms with E-state index < -0.39 is 6.04 Å². The Morgan fingerprint density at radius 1 is 0.933 bits per heavy atom. The smallest absolute Gasteiger partial charge is 0.251 e. The van der Waals surface area contributed by atoms with Gasteiger partial charge in [0.1, 0.15) is 6.04 Å². The van der Waals surface area contributed by atoms with Gasteiger partial charge in [0.05, 0.1) is 0 Å². The third-order valence-electron chi connectivity index (χ3n) is 6.01. The number of nitrogens with one attached hydrogen (secondary N) is 1. The summed E-state index contributed by atoms with van der Waals surface area (Å²) in [6.45, 7) is 13.1. The molecule has 5 nitrogen and oxygen atoms in total. The average molecular weight is 408 g/mol. The molecule has 3 rings (SSSR count). The molecule has 0 spiro atoms. The number of anilines is 1. The molecule has 2 amide bonds. The predicted octanol–water partition coefficient (Wildman–Crippen LogP) is 3.72. The monoisotopic (exact) mass is 407 g/mol. The van der Waals surface area contributed by atoms with Crippen LogP contribution in [0, 0.1) is 26.7 Å². The lowest BCUT2D eigenvalue weighted by Gasteiger charge is -2.39. The number of amides is 2. The van der Waals surface area contributed by atoms with Crippen LogP contribution < -0.4 is 10.2 Å². The van der Waals surface area contributed by atoms with Gasteiger partial charge in [-0.25, -0.2) is 0 Å². The van der Waals surface area contributed by atoms with Gasteiger partial charge < -0.3 is 15.1 Å². The Bertz CT molecular complexity index is 914. The highest BCUT2D eigenvalue weighted by Crippen LogP contribution is 2.24. The van der Waals surface area contributed by atoms with Gasteiger partial charge in [-0.05, 0) is 56.0 Å². The lowest BCUT2D eigenvalue weighted by molar-refractivity contribution is -0.134. The second-order valence-corrected chi connectivity index (χ2v) is 8.60. The number of nitrogens with zero attached hydrogens (tertiary/aromatic N) is 2. The third kappa shape index (κ3) is 4.84. The molecule has 2 aromatic carbocycles. The Morgan fingerprint density at radius 2 is 1.60 bits per heavy atom. The quantitative estimate of drug-likeness (QED) is 0.822. The molecule has 0 aromatic heterocycles. The van der Waals surface area contributed by atoms with Crippen molar-refractivity contribution < 1.29 is 9.59 Å². The summed E-state index contributed by atoms with van der Waals surface area (Å²) in [4.78, 5) is 30.2. The van der Waals surface area contributed by atoms with Crippen LogP contribution >= 0.6 is 0 Å². The Labute approximate surface area is 180 Å². The zero-order valence-corrected chi connectivity index (χ0v) is 18.7. The van der Waals surface area contributed by atoms with Crippen LogP contribution in [0.4, 0.5) is 5.69 Å². The number of carbonyl (C=O) groups excluding carboxylic acids is 2. The SMILES string of the molecule is Cc1cccc(C(=O)N[C@H](C(=O)N2CCN(c3cccc(C)c3C)CC2)C(C)C)c1. The van der Waals surface area contributed by atoms with Crippen LogP contribution in [0.25, 0.3) is 0 Å². The van der Waals surface area contributed by atoms with Gasteiger partial charge in [-0.2, -0.15) is 0 Å². The van der Waals surface area contributed by atoms with E-state index in [1.165, 1.54) is 16.8 Å². The van der Waals surface area contributed by atoms with Crippen LogP contribution in [0.5, 0.6) is 0 Å². The molecule has 30 heavy (non-hydrogen) atoms. The molecule has 1 fully saturated rings. The largest absolute Gasteiger partial charge is 0.368 e. The highest BCUT2D eigenvalue weighted by molar-refractivity contribution is 5.97. The van der Waals surface area contributed by atoms with Crippen LogP contribution in [0.15, 0.2) is 42.5 Å². The van der Waals surface area contributed by atoms with E-state index in [0.717, 1.165) is 18.7 Å². The molecule has 0 aliphatic carbocycles. The van der Waals surface area contributed by atoms with Crippen molar-refractivity contribution in [2.75, 3.05) is 31.1 Å². The van der Waals surface area contributed by atoms with E-state index in [-0.39, 0.29) is 17.7 Å². The Kier molecular flexibility index (Phi) is 6.80. The molecular weight excluding hydrogens is 374 g/mol. The molecule has 0 unspecified atom stereocenters. The molecule has 1 atom stereocenters. The molecule has 1 saturated heterocycles. The normalized spacial score (nSPS) is 15.3. The van der Waals surface area contributed by atoms with Crippen molar-refractivity contribution >= 4 is 17.5 Å². The molecule has 1 aliphatic heterocycles. The second kappa shape index (κ2) is 9.33. The standard InChI is InChI=1S/C25H33N3O2/c1-17(2)23(26-24(29)21-10-6-8-18(3)16-21)25(30)28-14-12-27(13-15-28)22-11-7-9-19(4)20(22)5/h6-11,16-17,23H,12-15H2,1-5H3,(H,26,29)/t23-/m0/s1. The summed E-state index contributed by atoms with van der Waals surface area (Å²) >= 11 is 0. The zero-order chi connectivity index (χ0) is 21.8. The van der Waals surface area contributed by atoms with Crippen molar-refractivity contribution in [2.24, 2.45) is 5.92 Å². The zero-order valence-electron chi connectivity index (χ0n) is 18.7. The first kappa shape index (κ1) is 21.9. The van der Waals surface area contributed by atoms with Crippen molar-refractivity contribution in [1.82, 2.24) is 10.2 Å². The number of piperazine rings is 1. The number of rotatable bonds is 5. The maximum Gasteiger partial charge on any atom is 0.251 e. The first-order valence-corrected chi connectivity index (χ1v) is 10.8. The Balaban J connectivity index is 1.65. The van der Waals surface area contributed by atoms with E-state index in [9.17, 15) is 9.59 Å². The first-order valence-electron chi connectivity index (χ1n) is 10.8. The fourth-order valence-electron chi connectivity index (χ4n) is 3.97. The average Bonchev–Trinajstić information content (AvgIpc) is 2.73. The number of hydrogen-bond donors (Lipinski definition) is 1. The van der Waals surface area contributed by atoms with Gasteiger partial charge >= 0.3 is 0 Å². The van der Waals surface area contributed by atoms with E-state index in [2.05, 4.69) is 42.3 Å². The Hall–Kier alpha value is -2.82. The summed E-state index contributed by atoms with van der Waals surface area (Å²) in [5.74, 6) is -0.172. The molecule has 0 radical (unpaired) electrons. The lowest BCUT2D eigenvalue weighted by atomic mass is 10.0. The van der Waals surface area contributed by atoms with Gasteiger partial charge in [-0.3, -0.25) is 9.59 Å². The molecule has 160 valence electrons. The second-order valence-electron chi connectivity index (χ2n) is 8.60. The van der Waals surface area contributed by atoms with Gasteiger partial charge in [0, 0.05) is 37.4 Å². The van der Waals surface area contributed by atoms with Gasteiger partial charge in [0.15, 0.2) is 0 Å². The molecule has 0 saturated carbocycles. The maximum absolute atomic E-state index is 13.2. The van der Waals surface area contributed by atoms with Crippen LogP contribution in [0.2, 0.25) is 0 Å². The van der Waals surface area contributed by atoms with Crippen molar-refractivity contribution in [3.8, 4) is 0 Å². The highest BCUT2D eigenvalue weighted by Gasteiger charge is 2.31. The number of aryl methyl sites for hydroxylation is 2. The molecule has 1 aliphatic rings. The fourth-order valence-corrected chi connectivity index (χ4v) is 3.97. The summed E-state index contributed by atoms with van der Waals surface area (Å²) in [7, 11) is 0. The summed E-state index contributed by atoms with van der Waals surface area (Å²) in [5.41, 5.74) is 5.44. The van der Waals surface area contributed by atoms with Crippen molar-refractivity contribution in [2.45, 2.75) is 40.7 Å². The predicted molar refractivity (Wildman–Crippen MR) is 122 cm³/mol. The van der Waals surface area contributed by atoms with Gasteiger partial charge in [0.25, 0.3) is 5.91 Å². The maximum atomic E-state index is 13.2. The molecule has 0 bridgehead atoms. The molecule has 1 heterocycles. The molecule has 5 heteroatoms. The minimum atomic E-state index is -0.523. The van der Waals surface area contributed by atoms with Crippen LogP contribution in [0.1, 0.15) is 40.9 Å². The van der Waals surface area contributed by atoms with Gasteiger partial charge in [-0.1, -0.05) is 43.7 Å². The van der Waals surface area contributed by atoms with E-state index in [1.807, 2.05) is 43.9 Å². The van der Waals surface area contributed by atoms with Gasteiger partial charge in [0.2, 0.25) is 5.91 Å². The highest BCUT2D eigenvalue weighted by atomic mass is 16.2. The third-order valence-corrected chi connectivity index (χ3v) is 6.01. The van der Waals surface area contributed by atoms with Crippen molar-refractivity contribution in [1.29, 1.82) is 0 Å². The summed E-state index contributed by atoms with van der Waals surface area (Å²) in [6, 6.07) is 13.3. The number of hydrogen-bond acceptors (Lipinski definition) is 3. The van der Waals surface area contributed by atoms with Crippen LogP contribution in [-0.4, -0.2) is 48.9 Å².